The monoisotopic (exact) mass is 409 g/mol. The van der Waals surface area contributed by atoms with Gasteiger partial charge in [-0.15, -0.1) is 0 Å². The van der Waals surface area contributed by atoms with Crippen molar-refractivity contribution in [2.24, 2.45) is 5.10 Å². The van der Waals surface area contributed by atoms with Crippen molar-refractivity contribution in [2.75, 3.05) is 6.61 Å². The number of amides is 1. The van der Waals surface area contributed by atoms with Crippen molar-refractivity contribution in [3.8, 4) is 16.9 Å². The highest BCUT2D eigenvalue weighted by atomic mass is 35.5. The van der Waals surface area contributed by atoms with Gasteiger partial charge in [-0.25, -0.2) is 5.43 Å². The molecule has 3 rings (SSSR count). The average Bonchev–Trinajstić information content (AvgIpc) is 2.74. The predicted octanol–water partition coefficient (Wildman–Crippen LogP) is 4.44. The van der Waals surface area contributed by atoms with Crippen molar-refractivity contribution in [2.45, 2.75) is 0 Å². The summed E-state index contributed by atoms with van der Waals surface area (Å²) < 4.78 is 5.44. The fraction of sp³-hybridized carbons (Fsp3) is 0.0476. The normalized spacial score (nSPS) is 10.7. The average molecular weight is 410 g/mol. The van der Waals surface area contributed by atoms with Gasteiger partial charge in [-0.1, -0.05) is 60.1 Å². The number of nitrogens with zero attached hydrogens (tertiary/aromatic N) is 2. The molecule has 1 N–H and O–H groups in total. The third-order valence-corrected chi connectivity index (χ3v) is 4.22. The van der Waals surface area contributed by atoms with E-state index in [0.717, 1.165) is 11.1 Å². The van der Waals surface area contributed by atoms with E-state index >= 15 is 0 Å². The number of benzene rings is 3. The summed E-state index contributed by atoms with van der Waals surface area (Å²) in [6, 6.07) is 21.5. The second-order valence-electron chi connectivity index (χ2n) is 5.94. The molecule has 0 aliphatic heterocycles. The number of nitro benzene ring substituents is 1. The molecule has 0 spiro atoms. The van der Waals surface area contributed by atoms with Crippen molar-refractivity contribution in [3.05, 3.63) is 93.5 Å². The maximum absolute atomic E-state index is 11.8. The molecular formula is C21H16ClN3O4. The van der Waals surface area contributed by atoms with Crippen molar-refractivity contribution in [1.82, 2.24) is 5.43 Å². The minimum absolute atomic E-state index is 0.0304. The Balaban J connectivity index is 1.51. The van der Waals surface area contributed by atoms with Gasteiger partial charge in [0.1, 0.15) is 10.8 Å². The van der Waals surface area contributed by atoms with E-state index in [1.807, 2.05) is 42.5 Å². The van der Waals surface area contributed by atoms with E-state index in [4.69, 9.17) is 16.3 Å². The summed E-state index contributed by atoms with van der Waals surface area (Å²) in [5.74, 6) is 0.0917. The first-order chi connectivity index (χ1) is 14.0. The van der Waals surface area contributed by atoms with E-state index in [-0.39, 0.29) is 17.3 Å². The smallest absolute Gasteiger partial charge is 0.288 e. The van der Waals surface area contributed by atoms with Crippen LogP contribution >= 0.6 is 11.6 Å². The van der Waals surface area contributed by atoms with Gasteiger partial charge in [-0.3, -0.25) is 14.9 Å². The molecule has 0 aliphatic rings. The Bertz CT molecular complexity index is 1040. The van der Waals surface area contributed by atoms with Crippen LogP contribution in [0, 0.1) is 10.1 Å². The van der Waals surface area contributed by atoms with Crippen molar-refractivity contribution in [1.29, 1.82) is 0 Å². The molecule has 0 atom stereocenters. The van der Waals surface area contributed by atoms with Gasteiger partial charge < -0.3 is 4.74 Å². The molecule has 7 nitrogen and oxygen atoms in total. The summed E-state index contributed by atoms with van der Waals surface area (Å²) in [7, 11) is 0. The minimum Gasteiger partial charge on any atom is -0.484 e. The van der Waals surface area contributed by atoms with Crippen LogP contribution in [0.1, 0.15) is 5.56 Å². The summed E-state index contributed by atoms with van der Waals surface area (Å²) in [5.41, 5.74) is 4.64. The number of hydrogen-bond acceptors (Lipinski definition) is 5. The molecule has 8 heteroatoms. The first-order valence-corrected chi connectivity index (χ1v) is 8.95. The molecule has 0 saturated carbocycles. The third-order valence-electron chi connectivity index (χ3n) is 3.90. The molecule has 0 bridgehead atoms. The lowest BCUT2D eigenvalue weighted by molar-refractivity contribution is -0.384. The van der Waals surface area contributed by atoms with E-state index in [2.05, 4.69) is 10.5 Å². The summed E-state index contributed by atoms with van der Waals surface area (Å²) in [6.07, 6.45) is 1.29. The van der Waals surface area contributed by atoms with Crippen molar-refractivity contribution < 1.29 is 14.5 Å². The van der Waals surface area contributed by atoms with Crippen LogP contribution in [-0.4, -0.2) is 23.7 Å². The number of ether oxygens (including phenoxy) is 1. The largest absolute Gasteiger partial charge is 0.484 e. The molecule has 0 saturated heterocycles. The van der Waals surface area contributed by atoms with Gasteiger partial charge in [0.15, 0.2) is 6.61 Å². The first kappa shape index (κ1) is 20.0. The third kappa shape index (κ3) is 5.63. The SMILES string of the molecule is O=C(COc1ccc(-c2ccccc2)cc1)NN=Cc1ccc(Cl)c([N+](=O)[O-])c1. The second kappa shape index (κ2) is 9.48. The highest BCUT2D eigenvalue weighted by molar-refractivity contribution is 6.32. The van der Waals surface area contributed by atoms with E-state index in [1.165, 1.54) is 18.3 Å². The Kier molecular flexibility index (Phi) is 6.55. The summed E-state index contributed by atoms with van der Waals surface area (Å²) in [5, 5.41) is 14.7. The number of hydrogen-bond donors (Lipinski definition) is 1. The van der Waals surface area contributed by atoms with Crippen molar-refractivity contribution in [3.63, 3.8) is 0 Å². The van der Waals surface area contributed by atoms with E-state index in [0.29, 0.717) is 11.3 Å². The van der Waals surface area contributed by atoms with Gasteiger partial charge in [-0.05, 0) is 29.3 Å². The first-order valence-electron chi connectivity index (χ1n) is 8.57. The summed E-state index contributed by atoms with van der Waals surface area (Å²) >= 11 is 5.75. The lowest BCUT2D eigenvalue weighted by Crippen LogP contribution is -2.24. The molecule has 0 fully saturated rings. The summed E-state index contributed by atoms with van der Waals surface area (Å²) in [6.45, 7) is -0.219. The fourth-order valence-corrected chi connectivity index (χ4v) is 2.67. The minimum atomic E-state index is -0.588. The van der Waals surface area contributed by atoms with Crippen LogP contribution < -0.4 is 10.2 Å². The Hall–Kier alpha value is -3.71. The molecule has 3 aromatic rings. The van der Waals surface area contributed by atoms with E-state index in [1.54, 1.807) is 18.2 Å². The van der Waals surface area contributed by atoms with Gasteiger partial charge in [0.2, 0.25) is 0 Å². The Labute approximate surface area is 171 Å². The molecule has 146 valence electrons. The topological polar surface area (TPSA) is 93.8 Å². The molecule has 0 radical (unpaired) electrons. The zero-order valence-corrected chi connectivity index (χ0v) is 15.9. The summed E-state index contributed by atoms with van der Waals surface area (Å²) in [4.78, 5) is 22.1. The number of nitrogens with one attached hydrogen (secondary N) is 1. The highest BCUT2D eigenvalue weighted by Crippen LogP contribution is 2.24. The predicted molar refractivity (Wildman–Crippen MR) is 111 cm³/mol. The van der Waals surface area contributed by atoms with Gasteiger partial charge in [0.05, 0.1) is 11.1 Å². The standard InChI is InChI=1S/C21H16ClN3O4/c22-19-11-6-15(12-20(19)25(27)28)13-23-24-21(26)14-29-18-9-7-17(8-10-18)16-4-2-1-3-5-16/h1-13H,14H2,(H,24,26). The molecule has 0 heterocycles. The lowest BCUT2D eigenvalue weighted by Gasteiger charge is -2.06. The molecule has 29 heavy (non-hydrogen) atoms. The van der Waals surface area contributed by atoms with Gasteiger partial charge in [0.25, 0.3) is 11.6 Å². The molecule has 0 aromatic heterocycles. The number of carbonyl (C=O) groups is 1. The maximum atomic E-state index is 11.8. The van der Waals surface area contributed by atoms with E-state index in [9.17, 15) is 14.9 Å². The fourth-order valence-electron chi connectivity index (χ4n) is 2.48. The van der Waals surface area contributed by atoms with Gasteiger partial charge in [-0.2, -0.15) is 5.10 Å². The van der Waals surface area contributed by atoms with Crippen LogP contribution in [0.2, 0.25) is 5.02 Å². The number of carbonyl (C=O) groups excluding carboxylic acids is 1. The van der Waals surface area contributed by atoms with Crippen LogP contribution in [0.25, 0.3) is 11.1 Å². The number of nitro groups is 1. The molecule has 1 amide bonds. The lowest BCUT2D eigenvalue weighted by atomic mass is 10.1. The van der Waals surface area contributed by atoms with Gasteiger partial charge >= 0.3 is 0 Å². The second-order valence-corrected chi connectivity index (χ2v) is 6.35. The van der Waals surface area contributed by atoms with Crippen LogP contribution in [0.4, 0.5) is 5.69 Å². The highest BCUT2D eigenvalue weighted by Gasteiger charge is 2.11. The molecule has 3 aromatic carbocycles. The zero-order chi connectivity index (χ0) is 20.6. The van der Waals surface area contributed by atoms with Crippen LogP contribution in [0.15, 0.2) is 77.9 Å². The van der Waals surface area contributed by atoms with Crippen LogP contribution in [0.3, 0.4) is 0 Å². The number of halogens is 1. The molecular weight excluding hydrogens is 394 g/mol. The Morgan fingerprint density at radius 2 is 1.76 bits per heavy atom. The van der Waals surface area contributed by atoms with Crippen LogP contribution in [0.5, 0.6) is 5.75 Å². The number of rotatable bonds is 7. The van der Waals surface area contributed by atoms with E-state index < -0.39 is 10.8 Å². The van der Waals surface area contributed by atoms with Crippen LogP contribution in [-0.2, 0) is 4.79 Å². The zero-order valence-electron chi connectivity index (χ0n) is 15.1. The quantitative estimate of drug-likeness (QED) is 0.354. The molecule has 0 unspecified atom stereocenters. The maximum Gasteiger partial charge on any atom is 0.288 e. The Morgan fingerprint density at radius 3 is 2.45 bits per heavy atom. The Morgan fingerprint density at radius 1 is 1.07 bits per heavy atom. The number of hydrazone groups is 1. The van der Waals surface area contributed by atoms with Gasteiger partial charge in [0, 0.05) is 11.6 Å². The van der Waals surface area contributed by atoms with Crippen molar-refractivity contribution >= 4 is 29.4 Å². The molecule has 0 aliphatic carbocycles.